The van der Waals surface area contributed by atoms with Gasteiger partial charge in [-0.25, -0.2) is 4.79 Å². The Bertz CT molecular complexity index is 785. The van der Waals surface area contributed by atoms with Gasteiger partial charge in [0.25, 0.3) is 0 Å². The van der Waals surface area contributed by atoms with Crippen molar-refractivity contribution in [3.8, 4) is 11.5 Å². The molecular formula is C21H28IN3O4. The van der Waals surface area contributed by atoms with Crippen molar-refractivity contribution in [2.75, 3.05) is 34.4 Å². The van der Waals surface area contributed by atoms with Crippen LogP contribution < -0.4 is 20.1 Å². The number of hydrogen-bond acceptors (Lipinski definition) is 5. The molecule has 0 atom stereocenters. The van der Waals surface area contributed by atoms with Gasteiger partial charge in [0.2, 0.25) is 0 Å². The van der Waals surface area contributed by atoms with E-state index < -0.39 is 5.97 Å². The minimum absolute atomic E-state index is 0. The highest BCUT2D eigenvalue weighted by atomic mass is 127. The van der Waals surface area contributed by atoms with Crippen molar-refractivity contribution in [2.24, 2.45) is 4.99 Å². The number of halogens is 1. The number of para-hydroxylation sites is 1. The molecule has 0 heterocycles. The summed E-state index contributed by atoms with van der Waals surface area (Å²) in [6.07, 6.45) is 0.838. The van der Waals surface area contributed by atoms with E-state index in [1.54, 1.807) is 19.2 Å². The van der Waals surface area contributed by atoms with Crippen LogP contribution in [0.1, 0.15) is 22.3 Å². The molecule has 2 aromatic carbocycles. The van der Waals surface area contributed by atoms with E-state index in [4.69, 9.17) is 14.2 Å². The molecule has 29 heavy (non-hydrogen) atoms. The van der Waals surface area contributed by atoms with Crippen molar-refractivity contribution in [3.05, 3.63) is 59.7 Å². The third-order valence-electron chi connectivity index (χ3n) is 3.98. The molecule has 158 valence electrons. The second kappa shape index (κ2) is 13.6. The minimum atomic E-state index is -0.431. The lowest BCUT2D eigenvalue weighted by atomic mass is 10.1. The Balaban J connectivity index is 0.00000420. The molecule has 0 radical (unpaired) electrons. The van der Waals surface area contributed by atoms with Crippen LogP contribution in [0.15, 0.2) is 53.5 Å². The lowest BCUT2D eigenvalue weighted by molar-refractivity contribution is 0.0597. The second-order valence-corrected chi connectivity index (χ2v) is 5.89. The van der Waals surface area contributed by atoms with Crippen molar-refractivity contribution in [2.45, 2.75) is 13.0 Å². The lowest BCUT2D eigenvalue weighted by Crippen LogP contribution is -2.37. The zero-order valence-electron chi connectivity index (χ0n) is 16.9. The number of guanidine groups is 1. The maximum atomic E-state index is 11.9. The number of ether oxygens (including phenoxy) is 3. The molecule has 0 unspecified atom stereocenters. The van der Waals surface area contributed by atoms with Crippen molar-refractivity contribution in [1.82, 2.24) is 10.6 Å². The van der Waals surface area contributed by atoms with Crippen LogP contribution in [0.3, 0.4) is 0 Å². The number of hydrogen-bond donors (Lipinski definition) is 2. The average Bonchev–Trinajstić information content (AvgIpc) is 2.75. The smallest absolute Gasteiger partial charge is 0.341 e. The Hall–Kier alpha value is -2.49. The van der Waals surface area contributed by atoms with E-state index >= 15 is 0 Å². The Morgan fingerprint density at radius 3 is 2.48 bits per heavy atom. The van der Waals surface area contributed by atoms with E-state index in [0.29, 0.717) is 30.4 Å². The maximum Gasteiger partial charge on any atom is 0.341 e. The predicted molar refractivity (Wildman–Crippen MR) is 125 cm³/mol. The third-order valence-corrected chi connectivity index (χ3v) is 3.98. The van der Waals surface area contributed by atoms with E-state index in [9.17, 15) is 4.79 Å². The molecule has 2 aromatic rings. The first-order valence-electron chi connectivity index (χ1n) is 9.05. The molecule has 0 bridgehead atoms. The molecular weight excluding hydrogens is 485 g/mol. The van der Waals surface area contributed by atoms with E-state index in [2.05, 4.69) is 15.6 Å². The summed E-state index contributed by atoms with van der Waals surface area (Å²) in [6, 6.07) is 15.1. The molecule has 0 fully saturated rings. The molecule has 0 aliphatic heterocycles. The summed E-state index contributed by atoms with van der Waals surface area (Å²) in [5, 5.41) is 6.46. The Kier molecular flexibility index (Phi) is 11.6. The second-order valence-electron chi connectivity index (χ2n) is 5.89. The fraction of sp³-hybridized carbons (Fsp3) is 0.333. The van der Waals surface area contributed by atoms with Gasteiger partial charge in [-0.05, 0) is 36.2 Å². The van der Waals surface area contributed by atoms with Gasteiger partial charge in [0.1, 0.15) is 17.1 Å². The summed E-state index contributed by atoms with van der Waals surface area (Å²) >= 11 is 0. The summed E-state index contributed by atoms with van der Waals surface area (Å²) in [4.78, 5) is 16.1. The molecule has 0 aliphatic rings. The molecule has 0 aliphatic carbocycles. The van der Waals surface area contributed by atoms with Crippen molar-refractivity contribution in [3.63, 3.8) is 0 Å². The third kappa shape index (κ3) is 8.18. The molecule has 0 amide bonds. The topological polar surface area (TPSA) is 81.2 Å². The number of esters is 1. The molecule has 2 rings (SSSR count). The van der Waals surface area contributed by atoms with Crippen LogP contribution in [0.5, 0.6) is 11.5 Å². The lowest BCUT2D eigenvalue weighted by Gasteiger charge is -2.13. The standard InChI is InChI=1S/C21H27N3O4.HI/c1-22-21(23-12-7-13-28-17-8-5-4-6-9-17)24-15-16-10-11-19(26-2)18(14-16)20(25)27-3;/h4-6,8-11,14H,7,12-13,15H2,1-3H3,(H2,22,23,24);1H. The van der Waals surface area contributed by atoms with Crippen molar-refractivity contribution < 1.29 is 19.0 Å². The normalized spacial score (nSPS) is 10.5. The first kappa shape index (κ1) is 24.5. The molecule has 7 nitrogen and oxygen atoms in total. The molecule has 0 spiro atoms. The first-order chi connectivity index (χ1) is 13.7. The first-order valence-corrected chi connectivity index (χ1v) is 9.05. The number of carbonyl (C=O) groups excluding carboxylic acids is 1. The Labute approximate surface area is 188 Å². The summed E-state index contributed by atoms with van der Waals surface area (Å²) in [5.41, 5.74) is 1.31. The highest BCUT2D eigenvalue weighted by molar-refractivity contribution is 14.0. The zero-order valence-corrected chi connectivity index (χ0v) is 19.3. The summed E-state index contributed by atoms with van der Waals surface area (Å²) in [7, 11) is 4.58. The quantitative estimate of drug-likeness (QED) is 0.176. The van der Waals surface area contributed by atoms with Crippen LogP contribution in [0.2, 0.25) is 0 Å². The molecule has 2 N–H and O–H groups in total. The van der Waals surface area contributed by atoms with E-state index in [1.165, 1.54) is 14.2 Å². The van der Waals surface area contributed by atoms with Crippen LogP contribution in [0.4, 0.5) is 0 Å². The number of aliphatic imine (C=N–C) groups is 1. The molecule has 0 aromatic heterocycles. The fourth-order valence-corrected chi connectivity index (χ4v) is 2.53. The zero-order chi connectivity index (χ0) is 20.2. The summed E-state index contributed by atoms with van der Waals surface area (Å²) in [5.74, 6) is 1.59. The molecule has 8 heteroatoms. The van der Waals surface area contributed by atoms with Crippen LogP contribution in [-0.2, 0) is 11.3 Å². The predicted octanol–water partition coefficient (Wildman–Crippen LogP) is 3.23. The average molecular weight is 513 g/mol. The summed E-state index contributed by atoms with van der Waals surface area (Å²) < 4.78 is 15.7. The van der Waals surface area contributed by atoms with Gasteiger partial charge in [0.05, 0.1) is 20.8 Å². The monoisotopic (exact) mass is 513 g/mol. The van der Waals surface area contributed by atoms with Crippen LogP contribution in [-0.4, -0.2) is 46.3 Å². The number of benzene rings is 2. The molecule has 0 saturated heterocycles. The highest BCUT2D eigenvalue weighted by Crippen LogP contribution is 2.20. The van der Waals surface area contributed by atoms with Gasteiger partial charge in [-0.15, -0.1) is 24.0 Å². The summed E-state index contributed by atoms with van der Waals surface area (Å²) in [6.45, 7) is 1.85. The van der Waals surface area contributed by atoms with Gasteiger partial charge in [0.15, 0.2) is 5.96 Å². The van der Waals surface area contributed by atoms with Crippen LogP contribution >= 0.6 is 24.0 Å². The van der Waals surface area contributed by atoms with Gasteiger partial charge in [-0.3, -0.25) is 4.99 Å². The van der Waals surface area contributed by atoms with Gasteiger partial charge in [-0.1, -0.05) is 24.3 Å². The minimum Gasteiger partial charge on any atom is -0.496 e. The van der Waals surface area contributed by atoms with E-state index in [-0.39, 0.29) is 24.0 Å². The largest absolute Gasteiger partial charge is 0.496 e. The van der Waals surface area contributed by atoms with Crippen molar-refractivity contribution >= 4 is 35.9 Å². The van der Waals surface area contributed by atoms with E-state index in [0.717, 1.165) is 24.3 Å². The SMILES string of the molecule is CN=C(NCCCOc1ccccc1)NCc1ccc(OC)c(C(=O)OC)c1.I. The number of nitrogens with zero attached hydrogens (tertiary/aromatic N) is 1. The fourth-order valence-electron chi connectivity index (χ4n) is 2.53. The van der Waals surface area contributed by atoms with Crippen LogP contribution in [0, 0.1) is 0 Å². The van der Waals surface area contributed by atoms with Gasteiger partial charge in [-0.2, -0.15) is 0 Å². The van der Waals surface area contributed by atoms with Crippen molar-refractivity contribution in [1.29, 1.82) is 0 Å². The van der Waals surface area contributed by atoms with Crippen LogP contribution in [0.25, 0.3) is 0 Å². The highest BCUT2D eigenvalue weighted by Gasteiger charge is 2.13. The Morgan fingerprint density at radius 1 is 1.07 bits per heavy atom. The Morgan fingerprint density at radius 2 is 1.83 bits per heavy atom. The number of carbonyl (C=O) groups is 1. The maximum absolute atomic E-state index is 11.9. The van der Waals surface area contributed by atoms with Gasteiger partial charge < -0.3 is 24.8 Å². The van der Waals surface area contributed by atoms with Gasteiger partial charge in [0, 0.05) is 20.1 Å². The molecule has 0 saturated carbocycles. The number of methoxy groups -OCH3 is 2. The number of nitrogens with one attached hydrogen (secondary N) is 2. The van der Waals surface area contributed by atoms with E-state index in [1.807, 2.05) is 36.4 Å². The number of rotatable bonds is 9. The van der Waals surface area contributed by atoms with Gasteiger partial charge >= 0.3 is 5.97 Å².